The molecule has 112 valence electrons. The number of nitrogens with zero attached hydrogens (tertiary/aromatic N) is 4. The summed E-state index contributed by atoms with van der Waals surface area (Å²) in [5.41, 5.74) is 1.41. The predicted octanol–water partition coefficient (Wildman–Crippen LogP) is 3.10. The molecule has 0 bridgehead atoms. The number of methoxy groups -OCH3 is 1. The number of thioether (sulfide) groups is 1. The molecule has 0 aliphatic carbocycles. The zero-order valence-corrected chi connectivity index (χ0v) is 12.6. The molecule has 0 saturated heterocycles. The lowest BCUT2D eigenvalue weighted by Crippen LogP contribution is -2.00. The van der Waals surface area contributed by atoms with Gasteiger partial charge in [-0.1, -0.05) is 36.0 Å². The average Bonchev–Trinajstić information content (AvgIpc) is 3.03. The highest BCUT2D eigenvalue weighted by atomic mass is 32.2. The maximum atomic E-state index is 13.7. The van der Waals surface area contributed by atoms with Crippen LogP contribution < -0.4 is 4.74 Å². The van der Waals surface area contributed by atoms with Crippen molar-refractivity contribution >= 4 is 11.8 Å². The summed E-state index contributed by atoms with van der Waals surface area (Å²) < 4.78 is 20.5. The molecule has 0 unspecified atom stereocenters. The van der Waals surface area contributed by atoms with Crippen LogP contribution in [0.2, 0.25) is 0 Å². The van der Waals surface area contributed by atoms with Crippen LogP contribution in [0.25, 0.3) is 5.69 Å². The fraction of sp³-hybridized carbons (Fsp3) is 0.133. The Morgan fingerprint density at radius 3 is 2.86 bits per heavy atom. The topological polar surface area (TPSA) is 52.8 Å². The van der Waals surface area contributed by atoms with E-state index in [9.17, 15) is 4.39 Å². The highest BCUT2D eigenvalue weighted by molar-refractivity contribution is 7.98. The standard InChI is InChI=1S/C15H13FN4OS/c1-21-13-7-4-6-12(9-13)20-15(17-18-19-20)22-10-11-5-2-3-8-14(11)16/h2-9H,10H2,1H3. The molecule has 0 atom stereocenters. The molecule has 7 heteroatoms. The molecule has 0 aliphatic heterocycles. The van der Waals surface area contributed by atoms with Gasteiger partial charge in [-0.05, 0) is 34.2 Å². The number of rotatable bonds is 5. The normalized spacial score (nSPS) is 10.6. The van der Waals surface area contributed by atoms with E-state index in [-0.39, 0.29) is 5.82 Å². The van der Waals surface area contributed by atoms with Crippen LogP contribution in [-0.2, 0) is 5.75 Å². The van der Waals surface area contributed by atoms with Crippen molar-refractivity contribution in [2.75, 3.05) is 7.11 Å². The van der Waals surface area contributed by atoms with E-state index in [1.807, 2.05) is 30.3 Å². The lowest BCUT2D eigenvalue weighted by atomic mass is 10.2. The van der Waals surface area contributed by atoms with Gasteiger partial charge in [0.15, 0.2) is 0 Å². The van der Waals surface area contributed by atoms with Gasteiger partial charge in [-0.25, -0.2) is 4.39 Å². The number of ether oxygens (including phenoxy) is 1. The van der Waals surface area contributed by atoms with Crippen molar-refractivity contribution < 1.29 is 9.13 Å². The van der Waals surface area contributed by atoms with E-state index in [2.05, 4.69) is 15.5 Å². The van der Waals surface area contributed by atoms with E-state index >= 15 is 0 Å². The van der Waals surface area contributed by atoms with E-state index in [1.165, 1.54) is 17.8 Å². The summed E-state index contributed by atoms with van der Waals surface area (Å²) >= 11 is 1.38. The van der Waals surface area contributed by atoms with Gasteiger partial charge in [-0.15, -0.1) is 5.10 Å². The molecule has 0 radical (unpaired) electrons. The zero-order valence-electron chi connectivity index (χ0n) is 11.8. The van der Waals surface area contributed by atoms with Crippen LogP contribution in [0.3, 0.4) is 0 Å². The first kappa shape index (κ1) is 14.5. The summed E-state index contributed by atoms with van der Waals surface area (Å²) in [7, 11) is 1.60. The maximum absolute atomic E-state index is 13.7. The summed E-state index contributed by atoms with van der Waals surface area (Å²) in [5, 5.41) is 12.3. The molecule has 1 heterocycles. The average molecular weight is 316 g/mol. The van der Waals surface area contributed by atoms with Crippen LogP contribution in [0.1, 0.15) is 5.56 Å². The molecule has 2 aromatic carbocycles. The minimum atomic E-state index is -0.226. The van der Waals surface area contributed by atoms with Crippen molar-refractivity contribution in [2.24, 2.45) is 0 Å². The Kier molecular flexibility index (Phi) is 4.34. The van der Waals surface area contributed by atoms with Crippen LogP contribution in [0, 0.1) is 5.82 Å². The first-order valence-corrected chi connectivity index (χ1v) is 7.55. The van der Waals surface area contributed by atoms with Crippen LogP contribution in [0.15, 0.2) is 53.7 Å². The Balaban J connectivity index is 1.82. The van der Waals surface area contributed by atoms with Gasteiger partial charge >= 0.3 is 0 Å². The second-order valence-electron chi connectivity index (χ2n) is 4.45. The third-order valence-electron chi connectivity index (χ3n) is 3.05. The largest absolute Gasteiger partial charge is 0.497 e. The molecule has 22 heavy (non-hydrogen) atoms. The monoisotopic (exact) mass is 316 g/mol. The van der Waals surface area contributed by atoms with Crippen molar-refractivity contribution in [1.29, 1.82) is 0 Å². The molecule has 0 saturated carbocycles. The van der Waals surface area contributed by atoms with Gasteiger partial charge in [0.05, 0.1) is 12.8 Å². The highest BCUT2D eigenvalue weighted by Crippen LogP contribution is 2.24. The number of tetrazole rings is 1. The quantitative estimate of drug-likeness (QED) is 0.677. The minimum Gasteiger partial charge on any atom is -0.497 e. The highest BCUT2D eigenvalue weighted by Gasteiger charge is 2.11. The Morgan fingerprint density at radius 1 is 1.18 bits per heavy atom. The smallest absolute Gasteiger partial charge is 0.214 e. The third-order valence-corrected chi connectivity index (χ3v) is 4.02. The van der Waals surface area contributed by atoms with Crippen molar-refractivity contribution in [3.63, 3.8) is 0 Å². The molecule has 1 aromatic heterocycles. The van der Waals surface area contributed by atoms with E-state index in [0.29, 0.717) is 16.5 Å². The number of hydrogen-bond acceptors (Lipinski definition) is 5. The van der Waals surface area contributed by atoms with Gasteiger partial charge in [0.25, 0.3) is 0 Å². The number of aromatic nitrogens is 4. The van der Waals surface area contributed by atoms with Crippen LogP contribution >= 0.6 is 11.8 Å². The fourth-order valence-electron chi connectivity index (χ4n) is 1.93. The molecule has 0 amide bonds. The Hall–Kier alpha value is -2.41. The van der Waals surface area contributed by atoms with E-state index in [1.54, 1.807) is 23.9 Å². The molecule has 0 N–H and O–H groups in total. The predicted molar refractivity (Wildman–Crippen MR) is 81.7 cm³/mol. The van der Waals surface area contributed by atoms with Gasteiger partial charge in [-0.2, -0.15) is 4.68 Å². The summed E-state index contributed by atoms with van der Waals surface area (Å²) in [5.74, 6) is 0.949. The second-order valence-corrected chi connectivity index (χ2v) is 5.40. The summed E-state index contributed by atoms with van der Waals surface area (Å²) in [4.78, 5) is 0. The molecular formula is C15H13FN4OS. The zero-order chi connectivity index (χ0) is 15.4. The molecule has 5 nitrogen and oxygen atoms in total. The van der Waals surface area contributed by atoms with Crippen molar-refractivity contribution in [3.05, 3.63) is 59.9 Å². The first-order chi connectivity index (χ1) is 10.8. The summed E-state index contributed by atoms with van der Waals surface area (Å²) in [6, 6.07) is 14.1. The lowest BCUT2D eigenvalue weighted by Gasteiger charge is -2.06. The molecular weight excluding hydrogens is 303 g/mol. The SMILES string of the molecule is COc1cccc(-n2nnnc2SCc2ccccc2F)c1. The van der Waals surface area contributed by atoms with Crippen molar-refractivity contribution in [1.82, 2.24) is 20.2 Å². The minimum absolute atomic E-state index is 0.226. The summed E-state index contributed by atoms with van der Waals surface area (Å²) in [6.07, 6.45) is 0. The Morgan fingerprint density at radius 2 is 2.05 bits per heavy atom. The van der Waals surface area contributed by atoms with Crippen molar-refractivity contribution in [2.45, 2.75) is 10.9 Å². The molecule has 0 spiro atoms. The van der Waals surface area contributed by atoms with Crippen LogP contribution in [0.5, 0.6) is 5.75 Å². The Bertz CT molecular complexity index is 777. The molecule has 3 aromatic rings. The van der Waals surface area contributed by atoms with Crippen molar-refractivity contribution in [3.8, 4) is 11.4 Å². The van der Waals surface area contributed by atoms with Gasteiger partial charge in [-0.3, -0.25) is 0 Å². The molecule has 0 fully saturated rings. The maximum Gasteiger partial charge on any atom is 0.214 e. The fourth-order valence-corrected chi connectivity index (χ4v) is 2.81. The third kappa shape index (κ3) is 3.09. The van der Waals surface area contributed by atoms with Crippen LogP contribution in [0.4, 0.5) is 4.39 Å². The van der Waals surface area contributed by atoms with E-state index in [0.717, 1.165) is 11.4 Å². The van der Waals surface area contributed by atoms with Crippen LogP contribution in [-0.4, -0.2) is 27.3 Å². The number of benzene rings is 2. The van der Waals surface area contributed by atoms with E-state index < -0.39 is 0 Å². The summed E-state index contributed by atoms with van der Waals surface area (Å²) in [6.45, 7) is 0. The van der Waals surface area contributed by atoms with Gasteiger partial charge in [0.2, 0.25) is 5.16 Å². The van der Waals surface area contributed by atoms with Gasteiger partial charge in [0, 0.05) is 11.8 Å². The molecule has 0 aliphatic rings. The number of hydrogen-bond donors (Lipinski definition) is 0. The lowest BCUT2D eigenvalue weighted by molar-refractivity contribution is 0.414. The number of halogens is 1. The van der Waals surface area contributed by atoms with E-state index in [4.69, 9.17) is 4.74 Å². The second kappa shape index (κ2) is 6.57. The van der Waals surface area contributed by atoms with Gasteiger partial charge < -0.3 is 4.74 Å². The Labute approximate surface area is 131 Å². The first-order valence-electron chi connectivity index (χ1n) is 6.57. The molecule has 3 rings (SSSR count). The van der Waals surface area contributed by atoms with Gasteiger partial charge in [0.1, 0.15) is 11.6 Å².